The fourth-order valence-electron chi connectivity index (χ4n) is 2.26. The van der Waals surface area contributed by atoms with Crippen LogP contribution in [0.25, 0.3) is 0 Å². The number of aliphatic hydroxyl groups excluding tert-OH is 1. The molecule has 1 aliphatic heterocycles. The molecule has 2 N–H and O–H groups in total. The van der Waals surface area contributed by atoms with E-state index in [1.807, 2.05) is 4.90 Å². The summed E-state index contributed by atoms with van der Waals surface area (Å²) in [7, 11) is 0. The van der Waals surface area contributed by atoms with Crippen LogP contribution in [-0.2, 0) is 4.79 Å². The third-order valence-electron chi connectivity index (χ3n) is 3.42. The number of carbonyl (C=O) groups excluding carboxylic acids is 1. The molecule has 0 aromatic carbocycles. The van der Waals surface area contributed by atoms with E-state index in [2.05, 4.69) is 26.1 Å². The van der Waals surface area contributed by atoms with E-state index in [-0.39, 0.29) is 24.0 Å². The normalized spacial score (nSPS) is 18.5. The Bertz CT molecular complexity index is 242. The van der Waals surface area contributed by atoms with Gasteiger partial charge >= 0.3 is 0 Å². The molecule has 1 saturated heterocycles. The van der Waals surface area contributed by atoms with Crippen molar-refractivity contribution in [1.29, 1.82) is 0 Å². The second kappa shape index (κ2) is 6.36. The lowest BCUT2D eigenvalue weighted by atomic mass is 9.85. The fraction of sp³-hybridized carbons (Fsp3) is 0.923. The molecule has 4 heteroatoms. The van der Waals surface area contributed by atoms with Gasteiger partial charge in [0.05, 0.1) is 6.54 Å². The van der Waals surface area contributed by atoms with E-state index < -0.39 is 0 Å². The highest BCUT2D eigenvalue weighted by atomic mass is 16.3. The standard InChI is InChI=1S/C13H26N2O2/c1-13(2,3)11(6-9-16)14-10-12(17)15-7-4-5-8-15/h11,14,16H,4-10H2,1-3H3. The molecule has 1 rings (SSSR count). The van der Waals surface area contributed by atoms with Crippen molar-refractivity contribution in [3.05, 3.63) is 0 Å². The van der Waals surface area contributed by atoms with Crippen molar-refractivity contribution in [2.75, 3.05) is 26.2 Å². The number of carbonyl (C=O) groups is 1. The van der Waals surface area contributed by atoms with Crippen LogP contribution in [0.2, 0.25) is 0 Å². The quantitative estimate of drug-likeness (QED) is 0.756. The molecular weight excluding hydrogens is 216 g/mol. The summed E-state index contributed by atoms with van der Waals surface area (Å²) in [6.07, 6.45) is 2.95. The van der Waals surface area contributed by atoms with Crippen molar-refractivity contribution >= 4 is 5.91 Å². The first-order valence-electron chi connectivity index (χ1n) is 6.57. The third kappa shape index (κ3) is 4.64. The molecule has 17 heavy (non-hydrogen) atoms. The van der Waals surface area contributed by atoms with Crippen LogP contribution in [0, 0.1) is 5.41 Å². The minimum absolute atomic E-state index is 0.0635. The Morgan fingerprint density at radius 1 is 1.35 bits per heavy atom. The summed E-state index contributed by atoms with van der Waals surface area (Å²) in [5, 5.41) is 12.3. The number of rotatable bonds is 5. The third-order valence-corrected chi connectivity index (χ3v) is 3.42. The van der Waals surface area contributed by atoms with Crippen molar-refractivity contribution in [3.63, 3.8) is 0 Å². The van der Waals surface area contributed by atoms with Crippen LogP contribution in [0.5, 0.6) is 0 Å². The van der Waals surface area contributed by atoms with Gasteiger partial charge in [0.15, 0.2) is 0 Å². The Labute approximate surface area is 104 Å². The summed E-state index contributed by atoms with van der Waals surface area (Å²) in [4.78, 5) is 13.8. The molecule has 1 aliphatic rings. The molecule has 100 valence electrons. The van der Waals surface area contributed by atoms with Gasteiger partial charge in [-0.25, -0.2) is 0 Å². The highest BCUT2D eigenvalue weighted by Gasteiger charge is 2.25. The molecule has 4 nitrogen and oxygen atoms in total. The number of amides is 1. The number of likely N-dealkylation sites (tertiary alicyclic amines) is 1. The first-order valence-corrected chi connectivity index (χ1v) is 6.57. The molecule has 0 bridgehead atoms. The lowest BCUT2D eigenvalue weighted by Gasteiger charge is -2.31. The Kier molecular flexibility index (Phi) is 5.40. The van der Waals surface area contributed by atoms with E-state index in [1.54, 1.807) is 0 Å². The van der Waals surface area contributed by atoms with Crippen LogP contribution < -0.4 is 5.32 Å². The van der Waals surface area contributed by atoms with E-state index >= 15 is 0 Å². The first kappa shape index (κ1) is 14.5. The van der Waals surface area contributed by atoms with Gasteiger partial charge in [0.1, 0.15) is 0 Å². The second-order valence-corrected chi connectivity index (χ2v) is 5.90. The zero-order valence-corrected chi connectivity index (χ0v) is 11.3. The number of hydrogen-bond donors (Lipinski definition) is 2. The van der Waals surface area contributed by atoms with Gasteiger partial charge < -0.3 is 15.3 Å². The topological polar surface area (TPSA) is 52.6 Å². The molecule has 0 saturated carbocycles. The van der Waals surface area contributed by atoms with E-state index in [4.69, 9.17) is 5.11 Å². The maximum atomic E-state index is 11.9. The van der Waals surface area contributed by atoms with Gasteiger partial charge in [-0.05, 0) is 24.7 Å². The predicted molar refractivity (Wildman–Crippen MR) is 68.8 cm³/mol. The molecule has 1 heterocycles. The maximum Gasteiger partial charge on any atom is 0.236 e. The van der Waals surface area contributed by atoms with Gasteiger partial charge in [-0.15, -0.1) is 0 Å². The van der Waals surface area contributed by atoms with Crippen molar-refractivity contribution < 1.29 is 9.90 Å². The predicted octanol–water partition coefficient (Wildman–Crippen LogP) is 0.995. The number of nitrogens with one attached hydrogen (secondary N) is 1. The first-order chi connectivity index (χ1) is 7.95. The van der Waals surface area contributed by atoms with Gasteiger partial charge in [-0.3, -0.25) is 4.79 Å². The monoisotopic (exact) mass is 242 g/mol. The number of nitrogens with zero attached hydrogens (tertiary/aromatic N) is 1. The van der Waals surface area contributed by atoms with Crippen LogP contribution in [-0.4, -0.2) is 48.2 Å². The summed E-state index contributed by atoms with van der Waals surface area (Å²) < 4.78 is 0. The Balaban J connectivity index is 2.37. The molecule has 1 fully saturated rings. The van der Waals surface area contributed by atoms with E-state index in [0.717, 1.165) is 25.9 Å². The average Bonchev–Trinajstić information content (AvgIpc) is 2.75. The Morgan fingerprint density at radius 2 is 1.94 bits per heavy atom. The van der Waals surface area contributed by atoms with E-state index in [0.29, 0.717) is 13.0 Å². The molecule has 0 aromatic heterocycles. The molecular formula is C13H26N2O2. The fourth-order valence-corrected chi connectivity index (χ4v) is 2.26. The van der Waals surface area contributed by atoms with Crippen LogP contribution >= 0.6 is 0 Å². The minimum atomic E-state index is 0.0635. The highest BCUT2D eigenvalue weighted by Crippen LogP contribution is 2.21. The Hall–Kier alpha value is -0.610. The van der Waals surface area contributed by atoms with Crippen molar-refractivity contribution in [2.45, 2.75) is 46.1 Å². The second-order valence-electron chi connectivity index (χ2n) is 5.90. The lowest BCUT2D eigenvalue weighted by Crippen LogP contribution is -2.46. The summed E-state index contributed by atoms with van der Waals surface area (Å²) in [5.41, 5.74) is 0.0635. The smallest absolute Gasteiger partial charge is 0.236 e. The molecule has 1 amide bonds. The summed E-state index contributed by atoms with van der Waals surface area (Å²) in [6, 6.07) is 0.180. The molecule has 1 atom stereocenters. The van der Waals surface area contributed by atoms with Crippen LogP contribution in [0.1, 0.15) is 40.0 Å². The van der Waals surface area contributed by atoms with Crippen LogP contribution in [0.4, 0.5) is 0 Å². The molecule has 0 aromatic rings. The average molecular weight is 242 g/mol. The number of hydrogen-bond acceptors (Lipinski definition) is 3. The van der Waals surface area contributed by atoms with Crippen molar-refractivity contribution in [1.82, 2.24) is 10.2 Å². The zero-order chi connectivity index (χ0) is 12.9. The van der Waals surface area contributed by atoms with E-state index in [1.165, 1.54) is 0 Å². The van der Waals surface area contributed by atoms with Crippen LogP contribution in [0.3, 0.4) is 0 Å². The van der Waals surface area contributed by atoms with Crippen molar-refractivity contribution in [3.8, 4) is 0 Å². The highest BCUT2D eigenvalue weighted by molar-refractivity contribution is 5.78. The summed E-state index contributed by atoms with van der Waals surface area (Å²) in [5.74, 6) is 0.190. The van der Waals surface area contributed by atoms with Crippen LogP contribution in [0.15, 0.2) is 0 Å². The van der Waals surface area contributed by atoms with Gasteiger partial charge in [0.25, 0.3) is 0 Å². The molecule has 0 radical (unpaired) electrons. The number of aliphatic hydroxyl groups is 1. The maximum absolute atomic E-state index is 11.9. The van der Waals surface area contributed by atoms with Gasteiger partial charge in [0.2, 0.25) is 5.91 Å². The molecule has 0 aliphatic carbocycles. The lowest BCUT2D eigenvalue weighted by molar-refractivity contribution is -0.129. The SMILES string of the molecule is CC(C)(C)C(CCO)NCC(=O)N1CCCC1. The Morgan fingerprint density at radius 3 is 2.41 bits per heavy atom. The molecule has 0 spiro atoms. The largest absolute Gasteiger partial charge is 0.396 e. The summed E-state index contributed by atoms with van der Waals surface area (Å²) >= 11 is 0. The van der Waals surface area contributed by atoms with Gasteiger partial charge in [-0.2, -0.15) is 0 Å². The summed E-state index contributed by atoms with van der Waals surface area (Å²) in [6.45, 7) is 8.73. The molecule has 1 unspecified atom stereocenters. The minimum Gasteiger partial charge on any atom is -0.396 e. The van der Waals surface area contributed by atoms with E-state index in [9.17, 15) is 4.79 Å². The van der Waals surface area contributed by atoms with Gasteiger partial charge in [0, 0.05) is 25.7 Å². The van der Waals surface area contributed by atoms with Crippen molar-refractivity contribution in [2.24, 2.45) is 5.41 Å². The van der Waals surface area contributed by atoms with Gasteiger partial charge in [-0.1, -0.05) is 20.8 Å². The zero-order valence-electron chi connectivity index (χ0n) is 11.3.